The highest BCUT2D eigenvalue weighted by molar-refractivity contribution is 8.00. The number of esters is 1. The van der Waals surface area contributed by atoms with E-state index in [1.54, 1.807) is 70.9 Å². The lowest BCUT2D eigenvalue weighted by Crippen LogP contribution is -2.63. The first-order valence-electron chi connectivity index (χ1n) is 18.1. The summed E-state index contributed by atoms with van der Waals surface area (Å²) >= 11 is 8.42. The summed E-state index contributed by atoms with van der Waals surface area (Å²) in [7, 11) is 6.06. The number of nitrogens with one attached hydrogen (secondary N) is 1. The molecule has 0 aromatic heterocycles. The summed E-state index contributed by atoms with van der Waals surface area (Å²) in [5.41, 5.74) is -0.893. The van der Waals surface area contributed by atoms with Gasteiger partial charge in [0.2, 0.25) is 11.8 Å². The van der Waals surface area contributed by atoms with E-state index in [0.29, 0.717) is 23.6 Å². The van der Waals surface area contributed by atoms with Crippen molar-refractivity contribution in [3.8, 4) is 5.75 Å². The molecule has 0 radical (unpaired) electrons. The number of hydrogen-bond donors (Lipinski definition) is 2. The van der Waals surface area contributed by atoms with Crippen LogP contribution in [-0.4, -0.2) is 114 Å². The Morgan fingerprint density at radius 2 is 1.93 bits per heavy atom. The van der Waals surface area contributed by atoms with Gasteiger partial charge in [-0.3, -0.25) is 14.9 Å². The Morgan fingerprint density at radius 3 is 2.56 bits per heavy atom. The van der Waals surface area contributed by atoms with E-state index < -0.39 is 65.7 Å². The fraction of sp³-hybridized carbons (Fsp3) is 0.641. The predicted molar refractivity (Wildman–Crippen MR) is 208 cm³/mol. The molecule has 1 aromatic carbocycles. The third-order valence-electron chi connectivity index (χ3n) is 10.4. The summed E-state index contributed by atoms with van der Waals surface area (Å²) in [6, 6.07) is 2.63. The van der Waals surface area contributed by atoms with Gasteiger partial charge in [-0.15, -0.1) is 0 Å². The predicted octanol–water partition coefficient (Wildman–Crippen LogP) is 5.44. The number of ether oxygens (including phenoxy) is 5. The molecular formula is C39H56ClN3O10S. The van der Waals surface area contributed by atoms with Crippen LogP contribution >= 0.6 is 23.4 Å². The van der Waals surface area contributed by atoms with Crippen molar-refractivity contribution in [2.24, 2.45) is 5.92 Å². The Kier molecular flexibility index (Phi) is 13.9. The molecular weight excluding hydrogens is 738 g/mol. The molecule has 13 nitrogen and oxygen atoms in total. The van der Waals surface area contributed by atoms with Crippen LogP contribution in [0.1, 0.15) is 73.3 Å². The van der Waals surface area contributed by atoms with E-state index >= 15 is 0 Å². The molecule has 54 heavy (non-hydrogen) atoms. The van der Waals surface area contributed by atoms with E-state index in [1.165, 1.54) is 24.0 Å². The Hall–Kier alpha value is -3.30. The van der Waals surface area contributed by atoms with Gasteiger partial charge in [0.15, 0.2) is 5.72 Å². The van der Waals surface area contributed by atoms with Gasteiger partial charge in [-0.05, 0) is 44.9 Å². The number of fused-ring (bicyclic) bond motifs is 5. The Morgan fingerprint density at radius 1 is 1.24 bits per heavy atom. The van der Waals surface area contributed by atoms with Gasteiger partial charge in [-0.25, -0.2) is 9.59 Å². The minimum absolute atomic E-state index is 0.0150. The molecule has 0 unspecified atom stereocenters. The van der Waals surface area contributed by atoms with E-state index in [1.807, 2.05) is 13.0 Å². The molecule has 2 fully saturated rings. The molecule has 4 rings (SSSR count). The summed E-state index contributed by atoms with van der Waals surface area (Å²) < 4.78 is 29.3. The number of alkyl carbamates (subject to hydrolysis) is 1. The number of amides is 3. The Labute approximate surface area is 328 Å². The largest absolute Gasteiger partial charge is 0.495 e. The maximum atomic E-state index is 14.2. The van der Waals surface area contributed by atoms with Crippen LogP contribution in [-0.2, 0) is 39.8 Å². The second-order valence-corrected chi connectivity index (χ2v) is 17.9. The van der Waals surface area contributed by atoms with Crippen LogP contribution in [0.4, 0.5) is 10.5 Å². The molecule has 0 aliphatic carbocycles. The standard InChI is InChI=1S/C39H56ClN3O10S/c1-22-13-12-14-29(50-11)39(48)21-28(51-36(47)41-39)23(2)34-38(7,53-34)30(52-35(46)24(3)42(8)31(44)15-16-54-37(4,5)6)20-32(45)43(9)26-18-25(17-22)19-27(49-10)33(26)40/h12-14,18-19,23-24,28-30,34,48H,15-17,20-21H2,1-11H3,(H,41,47)/b14-12+,22-13+/t23-,24+,28-,29-,30+,34-,38+,39+/m1/s1. The highest BCUT2D eigenvalue weighted by atomic mass is 35.5. The lowest BCUT2D eigenvalue weighted by Gasteiger charge is -2.42. The van der Waals surface area contributed by atoms with Crippen molar-refractivity contribution in [3.63, 3.8) is 0 Å². The van der Waals surface area contributed by atoms with Crippen LogP contribution in [0.2, 0.25) is 5.02 Å². The van der Waals surface area contributed by atoms with Crippen molar-refractivity contribution in [3.05, 3.63) is 46.5 Å². The third-order valence-corrected chi connectivity index (χ3v) is 12.0. The average molecular weight is 794 g/mol. The molecule has 15 heteroatoms. The number of carbonyl (C=O) groups is 4. The van der Waals surface area contributed by atoms with Crippen molar-refractivity contribution >= 4 is 52.9 Å². The van der Waals surface area contributed by atoms with Crippen molar-refractivity contribution in [1.29, 1.82) is 0 Å². The summed E-state index contributed by atoms with van der Waals surface area (Å²) in [6.07, 6.45) is 1.23. The zero-order chi connectivity index (χ0) is 40.3. The first-order valence-corrected chi connectivity index (χ1v) is 19.5. The van der Waals surface area contributed by atoms with Crippen LogP contribution in [0.15, 0.2) is 35.9 Å². The van der Waals surface area contributed by atoms with Crippen molar-refractivity contribution in [2.75, 3.05) is 39.0 Å². The SMILES string of the molecule is COc1cc2cc(c1Cl)N(C)C(=O)C[C@H](OC(=O)[C@H](C)N(C)C(=O)CCSC(C)(C)C)[C@]1(C)O[C@@H]1[C@H](C)[C@H]1C[C@@](O)(NC(=O)O1)[C@H](OC)/C=C/C=C(\C)C2. The van der Waals surface area contributed by atoms with Gasteiger partial charge in [0.25, 0.3) is 0 Å². The van der Waals surface area contributed by atoms with E-state index in [2.05, 4.69) is 26.1 Å². The molecule has 3 amide bonds. The number of likely N-dealkylation sites (N-methyl/N-ethyl adjacent to an activating group) is 1. The van der Waals surface area contributed by atoms with Crippen LogP contribution in [0.25, 0.3) is 0 Å². The van der Waals surface area contributed by atoms with Crippen LogP contribution < -0.4 is 15.0 Å². The van der Waals surface area contributed by atoms with Gasteiger partial charge < -0.3 is 38.6 Å². The molecule has 8 atom stereocenters. The minimum atomic E-state index is -1.82. The summed E-state index contributed by atoms with van der Waals surface area (Å²) in [4.78, 5) is 56.6. The van der Waals surface area contributed by atoms with Crippen molar-refractivity contribution in [2.45, 2.75) is 121 Å². The molecule has 2 saturated heterocycles. The zero-order valence-electron chi connectivity index (χ0n) is 33.2. The number of epoxide rings is 1. The molecule has 4 bridgehead atoms. The number of allylic oxidation sites excluding steroid dienone is 3. The van der Waals surface area contributed by atoms with Gasteiger partial charge in [0, 0.05) is 50.5 Å². The van der Waals surface area contributed by atoms with Gasteiger partial charge in [-0.2, -0.15) is 11.8 Å². The highest BCUT2D eigenvalue weighted by Crippen LogP contribution is 2.49. The average Bonchev–Trinajstić information content (AvgIpc) is 3.79. The van der Waals surface area contributed by atoms with Gasteiger partial charge in [0.05, 0.1) is 25.3 Å². The zero-order valence-corrected chi connectivity index (χ0v) is 34.8. The fourth-order valence-corrected chi connectivity index (χ4v) is 8.04. The summed E-state index contributed by atoms with van der Waals surface area (Å²) in [5.74, 6) is -0.911. The fourth-order valence-electron chi connectivity index (χ4n) is 6.84. The third kappa shape index (κ3) is 10.1. The number of benzene rings is 1. The normalized spacial score (nSPS) is 31.2. The first-order chi connectivity index (χ1) is 25.1. The Balaban J connectivity index is 1.72. The molecule has 3 aliphatic rings. The van der Waals surface area contributed by atoms with E-state index in [9.17, 15) is 24.3 Å². The number of hydrogen-bond acceptors (Lipinski definition) is 11. The lowest BCUT2D eigenvalue weighted by molar-refractivity contribution is -0.162. The van der Waals surface area contributed by atoms with Crippen molar-refractivity contribution < 1.29 is 48.0 Å². The molecule has 3 aliphatic heterocycles. The maximum absolute atomic E-state index is 14.2. The summed E-state index contributed by atoms with van der Waals surface area (Å²) in [6.45, 7) is 13.2. The topological polar surface area (TPSA) is 156 Å². The molecule has 3 heterocycles. The van der Waals surface area contributed by atoms with E-state index in [4.69, 9.17) is 35.3 Å². The smallest absolute Gasteiger partial charge is 0.409 e. The Bertz CT molecular complexity index is 1650. The molecule has 0 saturated carbocycles. The molecule has 1 aromatic rings. The number of halogens is 1. The van der Waals surface area contributed by atoms with Crippen LogP contribution in [0.5, 0.6) is 5.75 Å². The lowest BCUT2D eigenvalue weighted by atomic mass is 9.83. The number of aliphatic hydroxyl groups is 1. The van der Waals surface area contributed by atoms with Crippen LogP contribution in [0, 0.1) is 5.92 Å². The number of methoxy groups -OCH3 is 2. The van der Waals surface area contributed by atoms with E-state index in [0.717, 1.165) is 11.1 Å². The summed E-state index contributed by atoms with van der Waals surface area (Å²) in [5, 5.41) is 14.5. The maximum Gasteiger partial charge on any atom is 0.409 e. The molecule has 300 valence electrons. The second-order valence-electron chi connectivity index (χ2n) is 15.6. The monoisotopic (exact) mass is 793 g/mol. The molecule has 2 N–H and O–H groups in total. The van der Waals surface area contributed by atoms with Gasteiger partial charge in [-0.1, -0.05) is 63.1 Å². The van der Waals surface area contributed by atoms with Gasteiger partial charge in [0.1, 0.15) is 40.7 Å². The van der Waals surface area contributed by atoms with E-state index in [-0.39, 0.29) is 34.9 Å². The number of nitrogens with zero attached hydrogens (tertiary/aromatic N) is 2. The highest BCUT2D eigenvalue weighted by Gasteiger charge is 2.64. The minimum Gasteiger partial charge on any atom is -0.495 e. The quantitative estimate of drug-likeness (QED) is 0.256. The number of carbonyl (C=O) groups excluding carboxylic acids is 4. The number of thioether (sulfide) groups is 1. The van der Waals surface area contributed by atoms with Crippen molar-refractivity contribution in [1.82, 2.24) is 10.2 Å². The van der Waals surface area contributed by atoms with Crippen LogP contribution in [0.3, 0.4) is 0 Å². The van der Waals surface area contributed by atoms with Gasteiger partial charge >= 0.3 is 12.1 Å². The second kappa shape index (κ2) is 17.2. The number of anilines is 1. The molecule has 0 spiro atoms. The number of rotatable bonds is 8. The first kappa shape index (κ1) is 43.4.